The Morgan fingerprint density at radius 1 is 1.30 bits per heavy atom. The number of hydrogen-bond acceptors (Lipinski definition) is 2. The van der Waals surface area contributed by atoms with Crippen molar-refractivity contribution in [1.82, 2.24) is 10.6 Å². The zero-order chi connectivity index (χ0) is 15.1. The van der Waals surface area contributed by atoms with Crippen molar-refractivity contribution in [2.45, 2.75) is 45.7 Å². The molecule has 0 radical (unpaired) electrons. The number of carbonyl (C=O) groups is 1. The first kappa shape index (κ1) is 17.3. The molecule has 0 saturated heterocycles. The van der Waals surface area contributed by atoms with Gasteiger partial charge in [-0.05, 0) is 38.0 Å². The molecule has 0 aliphatic carbocycles. The molecule has 2 N–H and O–H groups in total. The normalized spacial score (nSPS) is 12.5. The molecular weight excluding hydrogens is 295 g/mol. The van der Waals surface area contributed by atoms with Crippen LogP contribution in [0, 0.1) is 0 Å². The molecule has 1 rings (SSSR count). The second kappa shape index (κ2) is 8.50. The second-order valence-corrected chi connectivity index (χ2v) is 5.90. The summed E-state index contributed by atoms with van der Waals surface area (Å²) in [5.74, 6) is 0.0598. The van der Waals surface area contributed by atoms with Crippen molar-refractivity contribution in [2.24, 2.45) is 0 Å². The number of rotatable bonds is 7. The average molecular weight is 317 g/mol. The van der Waals surface area contributed by atoms with E-state index in [0.717, 1.165) is 12.0 Å². The average Bonchev–Trinajstić information content (AvgIpc) is 2.35. The molecule has 0 aromatic heterocycles. The van der Waals surface area contributed by atoms with Gasteiger partial charge in [-0.25, -0.2) is 0 Å². The molecule has 1 unspecified atom stereocenters. The van der Waals surface area contributed by atoms with E-state index in [4.69, 9.17) is 23.2 Å². The minimum absolute atomic E-state index is 0.0598. The number of hydrogen-bond donors (Lipinski definition) is 2. The van der Waals surface area contributed by atoms with Gasteiger partial charge in [0.15, 0.2) is 0 Å². The van der Waals surface area contributed by atoms with E-state index in [1.54, 1.807) is 6.07 Å². The van der Waals surface area contributed by atoms with Crippen molar-refractivity contribution in [2.75, 3.05) is 6.54 Å². The van der Waals surface area contributed by atoms with Gasteiger partial charge in [0.1, 0.15) is 0 Å². The van der Waals surface area contributed by atoms with Gasteiger partial charge in [-0.3, -0.25) is 4.79 Å². The fraction of sp³-hybridized carbons (Fsp3) is 0.533. The van der Waals surface area contributed by atoms with Gasteiger partial charge in [0.05, 0.1) is 0 Å². The molecule has 1 aromatic rings. The second-order valence-electron chi connectivity index (χ2n) is 5.05. The predicted octanol–water partition coefficient (Wildman–Crippen LogP) is 3.95. The summed E-state index contributed by atoms with van der Waals surface area (Å²) in [6, 6.07) is 5.81. The Kier molecular flexibility index (Phi) is 7.35. The lowest BCUT2D eigenvalue weighted by Gasteiger charge is -2.19. The van der Waals surface area contributed by atoms with Crippen LogP contribution in [0.3, 0.4) is 0 Å². The van der Waals surface area contributed by atoms with E-state index in [1.165, 1.54) is 0 Å². The SMILES string of the molecule is CCC(NCCC(=O)NC(C)C)c1ccc(Cl)cc1Cl. The first-order valence-electron chi connectivity index (χ1n) is 6.91. The molecule has 0 bridgehead atoms. The fourth-order valence-corrected chi connectivity index (χ4v) is 2.55. The van der Waals surface area contributed by atoms with Crippen LogP contribution in [-0.2, 0) is 4.79 Å². The van der Waals surface area contributed by atoms with Crippen molar-refractivity contribution < 1.29 is 4.79 Å². The van der Waals surface area contributed by atoms with Gasteiger partial charge < -0.3 is 10.6 Å². The predicted molar refractivity (Wildman–Crippen MR) is 85.4 cm³/mol. The third kappa shape index (κ3) is 5.70. The molecule has 0 saturated carbocycles. The third-order valence-electron chi connectivity index (χ3n) is 2.94. The maximum absolute atomic E-state index is 11.6. The first-order chi connectivity index (χ1) is 9.43. The molecule has 1 aromatic carbocycles. The quantitative estimate of drug-likeness (QED) is 0.799. The molecule has 0 aliphatic rings. The largest absolute Gasteiger partial charge is 0.354 e. The van der Waals surface area contributed by atoms with Gasteiger partial charge >= 0.3 is 0 Å². The van der Waals surface area contributed by atoms with Crippen LogP contribution < -0.4 is 10.6 Å². The highest BCUT2D eigenvalue weighted by Crippen LogP contribution is 2.27. The maximum Gasteiger partial charge on any atom is 0.221 e. The van der Waals surface area contributed by atoms with Crippen LogP contribution in [0.2, 0.25) is 10.0 Å². The van der Waals surface area contributed by atoms with Crippen LogP contribution >= 0.6 is 23.2 Å². The third-order valence-corrected chi connectivity index (χ3v) is 3.50. The summed E-state index contributed by atoms with van der Waals surface area (Å²) in [5, 5.41) is 7.52. The lowest BCUT2D eigenvalue weighted by molar-refractivity contribution is -0.121. The van der Waals surface area contributed by atoms with Gasteiger partial charge in [-0.2, -0.15) is 0 Å². The molecule has 20 heavy (non-hydrogen) atoms. The van der Waals surface area contributed by atoms with E-state index >= 15 is 0 Å². The van der Waals surface area contributed by atoms with Crippen molar-refractivity contribution in [1.29, 1.82) is 0 Å². The van der Waals surface area contributed by atoms with E-state index < -0.39 is 0 Å². The summed E-state index contributed by atoms with van der Waals surface area (Å²) in [7, 11) is 0. The molecule has 3 nitrogen and oxygen atoms in total. The van der Waals surface area contributed by atoms with Crippen LogP contribution in [0.15, 0.2) is 18.2 Å². The number of benzene rings is 1. The maximum atomic E-state index is 11.6. The minimum Gasteiger partial charge on any atom is -0.354 e. The van der Waals surface area contributed by atoms with Gasteiger partial charge in [-0.1, -0.05) is 36.2 Å². The van der Waals surface area contributed by atoms with Crippen LogP contribution in [-0.4, -0.2) is 18.5 Å². The molecule has 0 aliphatic heterocycles. The van der Waals surface area contributed by atoms with Crippen molar-refractivity contribution in [3.05, 3.63) is 33.8 Å². The molecule has 1 amide bonds. The lowest BCUT2D eigenvalue weighted by Crippen LogP contribution is -2.33. The number of nitrogens with one attached hydrogen (secondary N) is 2. The van der Waals surface area contributed by atoms with E-state index in [9.17, 15) is 4.79 Å². The Balaban J connectivity index is 2.53. The summed E-state index contributed by atoms with van der Waals surface area (Å²) >= 11 is 12.1. The van der Waals surface area contributed by atoms with E-state index in [1.807, 2.05) is 26.0 Å². The topological polar surface area (TPSA) is 41.1 Å². The number of amides is 1. The Morgan fingerprint density at radius 3 is 2.55 bits per heavy atom. The van der Waals surface area contributed by atoms with E-state index in [0.29, 0.717) is 23.0 Å². The monoisotopic (exact) mass is 316 g/mol. The van der Waals surface area contributed by atoms with Gasteiger partial charge in [0.25, 0.3) is 0 Å². The zero-order valence-electron chi connectivity index (χ0n) is 12.2. The van der Waals surface area contributed by atoms with Gasteiger partial charge in [-0.15, -0.1) is 0 Å². The number of halogens is 2. The molecule has 0 spiro atoms. The summed E-state index contributed by atoms with van der Waals surface area (Å²) in [6.45, 7) is 6.61. The highest BCUT2D eigenvalue weighted by Gasteiger charge is 2.13. The fourth-order valence-electron chi connectivity index (χ4n) is 2.01. The van der Waals surface area contributed by atoms with Crippen LogP contribution in [0.5, 0.6) is 0 Å². The van der Waals surface area contributed by atoms with Crippen LogP contribution in [0.25, 0.3) is 0 Å². The number of carbonyl (C=O) groups excluding carboxylic acids is 1. The highest BCUT2D eigenvalue weighted by molar-refractivity contribution is 6.35. The zero-order valence-corrected chi connectivity index (χ0v) is 13.7. The lowest BCUT2D eigenvalue weighted by atomic mass is 10.0. The summed E-state index contributed by atoms with van der Waals surface area (Å²) < 4.78 is 0. The van der Waals surface area contributed by atoms with E-state index in [2.05, 4.69) is 17.6 Å². The molecule has 0 heterocycles. The molecular formula is C15H22Cl2N2O. The standard InChI is InChI=1S/C15H22Cl2N2O/c1-4-14(12-6-5-11(16)9-13(12)17)18-8-7-15(20)19-10(2)3/h5-6,9-10,14,18H,4,7-8H2,1-3H3,(H,19,20). The van der Waals surface area contributed by atoms with E-state index in [-0.39, 0.29) is 18.0 Å². The first-order valence-corrected chi connectivity index (χ1v) is 7.67. The minimum atomic E-state index is 0.0598. The Labute approximate surface area is 131 Å². The highest BCUT2D eigenvalue weighted by atomic mass is 35.5. The van der Waals surface area contributed by atoms with Crippen LogP contribution in [0.1, 0.15) is 45.2 Å². The molecule has 1 atom stereocenters. The summed E-state index contributed by atoms with van der Waals surface area (Å²) in [6.07, 6.45) is 1.35. The molecule has 112 valence electrons. The molecule has 5 heteroatoms. The van der Waals surface area contributed by atoms with Gasteiger partial charge in [0.2, 0.25) is 5.91 Å². The summed E-state index contributed by atoms with van der Waals surface area (Å²) in [5.41, 5.74) is 1.02. The Bertz CT molecular complexity index is 449. The van der Waals surface area contributed by atoms with Crippen LogP contribution in [0.4, 0.5) is 0 Å². The van der Waals surface area contributed by atoms with Gasteiger partial charge in [0, 0.05) is 35.1 Å². The summed E-state index contributed by atoms with van der Waals surface area (Å²) in [4.78, 5) is 11.6. The molecule has 0 fully saturated rings. The van der Waals surface area contributed by atoms with Crippen molar-refractivity contribution >= 4 is 29.1 Å². The van der Waals surface area contributed by atoms with Crippen molar-refractivity contribution in [3.8, 4) is 0 Å². The van der Waals surface area contributed by atoms with Crippen molar-refractivity contribution in [3.63, 3.8) is 0 Å². The smallest absolute Gasteiger partial charge is 0.221 e. The Morgan fingerprint density at radius 2 is 2.00 bits per heavy atom. The Hall–Kier alpha value is -0.770.